The van der Waals surface area contributed by atoms with E-state index in [2.05, 4.69) is 32.1 Å². The number of hydrogen-bond donors (Lipinski definition) is 2. The molecule has 0 spiro atoms. The molecule has 1 atom stereocenters. The van der Waals surface area contributed by atoms with Crippen LogP contribution >= 0.6 is 11.3 Å². The molecule has 9 nitrogen and oxygen atoms in total. The van der Waals surface area contributed by atoms with Crippen LogP contribution in [0.15, 0.2) is 30.6 Å². The van der Waals surface area contributed by atoms with Crippen molar-refractivity contribution < 1.29 is 27.9 Å². The van der Waals surface area contributed by atoms with Crippen molar-refractivity contribution in [3.63, 3.8) is 0 Å². The topological polar surface area (TPSA) is 112 Å². The number of thiazole rings is 1. The summed E-state index contributed by atoms with van der Waals surface area (Å²) < 4.78 is 40.9. The number of benzene rings is 1. The smallest absolute Gasteiger partial charge is 0.416 e. The lowest BCUT2D eigenvalue weighted by Crippen LogP contribution is -2.36. The molecule has 0 bridgehead atoms. The molecule has 1 aromatic carbocycles. The van der Waals surface area contributed by atoms with Crippen LogP contribution in [-0.2, 0) is 17.5 Å². The van der Waals surface area contributed by atoms with Gasteiger partial charge in [-0.1, -0.05) is 18.3 Å². The van der Waals surface area contributed by atoms with Crippen LogP contribution in [0.2, 0.25) is 0 Å². The molecule has 2 saturated heterocycles. The Bertz CT molecular complexity index is 1440. The van der Waals surface area contributed by atoms with Crippen LogP contribution in [0.5, 0.6) is 0 Å². The largest absolute Gasteiger partial charge is 0.481 e. The van der Waals surface area contributed by atoms with Gasteiger partial charge in [-0.3, -0.25) is 19.8 Å². The van der Waals surface area contributed by atoms with E-state index in [9.17, 15) is 27.9 Å². The third-order valence-corrected chi connectivity index (χ3v) is 8.91. The zero-order valence-electron chi connectivity index (χ0n) is 23.4. The number of amides is 1. The van der Waals surface area contributed by atoms with Crippen molar-refractivity contribution in [1.82, 2.24) is 19.9 Å². The lowest BCUT2D eigenvalue weighted by atomic mass is 9.97. The molecular weight excluding hydrogens is 569 g/mol. The summed E-state index contributed by atoms with van der Waals surface area (Å²) in [5, 5.41) is 12.2. The van der Waals surface area contributed by atoms with Crippen LogP contribution < -0.4 is 10.2 Å². The van der Waals surface area contributed by atoms with E-state index in [0.717, 1.165) is 42.8 Å². The Kier molecular flexibility index (Phi) is 8.78. The summed E-state index contributed by atoms with van der Waals surface area (Å²) in [6.07, 6.45) is 2.48. The van der Waals surface area contributed by atoms with Crippen molar-refractivity contribution in [2.24, 2.45) is 5.92 Å². The molecule has 224 valence electrons. The first-order valence-corrected chi connectivity index (χ1v) is 14.9. The number of nitrogens with zero attached hydrogens (tertiary/aromatic N) is 5. The number of aliphatic carboxylic acids is 1. The zero-order valence-corrected chi connectivity index (χ0v) is 24.3. The van der Waals surface area contributed by atoms with Gasteiger partial charge in [0, 0.05) is 36.1 Å². The summed E-state index contributed by atoms with van der Waals surface area (Å²) in [5.41, 5.74) is 0.587. The standard InChI is InChI=1S/C29H33F3N6O3S/c1-3-21-5-4-8-38(21)16-23-25(19-11-17(2)12-20(13-19)29(30,31)32)35-28(42-23)36-26(39)22-14-34-24(15-33-22)37-9-6-18(7-10-37)27(40)41/h11-15,18,21H,3-10,16H2,1-2H3,(H,40,41)(H,35,36,39). The molecule has 2 N–H and O–H groups in total. The minimum atomic E-state index is -4.49. The number of carboxylic acid groups (broad SMARTS) is 1. The number of likely N-dealkylation sites (tertiary alicyclic amines) is 1. The predicted molar refractivity (Wildman–Crippen MR) is 154 cm³/mol. The number of anilines is 2. The van der Waals surface area contributed by atoms with Gasteiger partial charge in [-0.2, -0.15) is 13.2 Å². The molecule has 2 fully saturated rings. The summed E-state index contributed by atoms with van der Waals surface area (Å²) in [4.78, 5) is 42.6. The fourth-order valence-corrected chi connectivity index (χ4v) is 6.69. The Morgan fingerprint density at radius 1 is 1.10 bits per heavy atom. The van der Waals surface area contributed by atoms with Gasteiger partial charge >= 0.3 is 12.1 Å². The number of piperidine rings is 1. The summed E-state index contributed by atoms with van der Waals surface area (Å²) in [6.45, 7) is 6.25. The van der Waals surface area contributed by atoms with Crippen LogP contribution in [0.4, 0.5) is 24.1 Å². The van der Waals surface area contributed by atoms with Crippen LogP contribution in [0.3, 0.4) is 0 Å². The van der Waals surface area contributed by atoms with E-state index in [0.29, 0.717) is 61.2 Å². The Morgan fingerprint density at radius 2 is 1.86 bits per heavy atom. The molecule has 2 aromatic heterocycles. The molecule has 2 aliphatic heterocycles. The number of rotatable bonds is 8. The van der Waals surface area contributed by atoms with E-state index < -0.39 is 23.6 Å². The number of hydrogen-bond acceptors (Lipinski definition) is 8. The van der Waals surface area contributed by atoms with E-state index in [1.807, 2.05) is 4.90 Å². The average molecular weight is 603 g/mol. The van der Waals surface area contributed by atoms with Gasteiger partial charge in [0.25, 0.3) is 5.91 Å². The van der Waals surface area contributed by atoms with Gasteiger partial charge in [-0.15, -0.1) is 0 Å². The molecule has 0 aliphatic carbocycles. The monoisotopic (exact) mass is 602 g/mol. The molecule has 4 heterocycles. The van der Waals surface area contributed by atoms with E-state index >= 15 is 0 Å². The molecule has 1 unspecified atom stereocenters. The third kappa shape index (κ3) is 6.73. The SMILES string of the molecule is CCC1CCCN1Cc1sc(NC(=O)c2cnc(N3CCC(C(=O)O)CC3)cn2)nc1-c1cc(C)cc(C(F)(F)F)c1. The minimum absolute atomic E-state index is 0.0676. The van der Waals surface area contributed by atoms with Gasteiger partial charge in [0.05, 0.1) is 29.6 Å². The van der Waals surface area contributed by atoms with E-state index in [1.165, 1.54) is 23.7 Å². The Morgan fingerprint density at radius 3 is 2.50 bits per heavy atom. The number of nitrogens with one attached hydrogen (secondary N) is 1. The summed E-state index contributed by atoms with van der Waals surface area (Å²) in [5.74, 6) is -1.14. The second-order valence-electron chi connectivity index (χ2n) is 10.9. The fraction of sp³-hybridized carbons (Fsp3) is 0.483. The van der Waals surface area contributed by atoms with Crippen molar-refractivity contribution in [2.75, 3.05) is 29.9 Å². The molecule has 2 aliphatic rings. The maximum absolute atomic E-state index is 13.6. The maximum atomic E-state index is 13.6. The van der Waals surface area contributed by atoms with Crippen molar-refractivity contribution in [3.05, 3.63) is 52.3 Å². The lowest BCUT2D eigenvalue weighted by molar-refractivity contribution is -0.142. The van der Waals surface area contributed by atoms with Crippen LogP contribution in [0.25, 0.3) is 11.3 Å². The Balaban J connectivity index is 1.37. The van der Waals surface area contributed by atoms with E-state index in [1.54, 1.807) is 13.0 Å². The highest BCUT2D eigenvalue weighted by atomic mass is 32.1. The quantitative estimate of drug-likeness (QED) is 0.330. The molecule has 0 saturated carbocycles. The van der Waals surface area contributed by atoms with Gasteiger partial charge in [-0.05, 0) is 69.3 Å². The average Bonchev–Trinajstić information content (AvgIpc) is 3.58. The Hall–Kier alpha value is -3.58. The zero-order chi connectivity index (χ0) is 30.0. The number of halogens is 3. The lowest BCUT2D eigenvalue weighted by Gasteiger charge is -2.30. The first-order chi connectivity index (χ1) is 20.0. The van der Waals surface area contributed by atoms with Gasteiger partial charge in [0.1, 0.15) is 11.5 Å². The highest BCUT2D eigenvalue weighted by Crippen LogP contribution is 2.38. The number of aromatic nitrogens is 3. The first-order valence-electron chi connectivity index (χ1n) is 14.1. The maximum Gasteiger partial charge on any atom is 0.416 e. The second kappa shape index (κ2) is 12.3. The van der Waals surface area contributed by atoms with Crippen LogP contribution in [0, 0.1) is 12.8 Å². The van der Waals surface area contributed by atoms with Crippen molar-refractivity contribution in [3.8, 4) is 11.3 Å². The predicted octanol–water partition coefficient (Wildman–Crippen LogP) is 5.86. The third-order valence-electron chi connectivity index (χ3n) is 7.95. The number of carbonyl (C=O) groups excluding carboxylic acids is 1. The molecule has 3 aromatic rings. The molecule has 1 amide bonds. The van der Waals surface area contributed by atoms with E-state index in [4.69, 9.17) is 0 Å². The highest BCUT2D eigenvalue weighted by Gasteiger charge is 2.32. The first kappa shape index (κ1) is 29.9. The van der Waals surface area contributed by atoms with Crippen molar-refractivity contribution in [2.45, 2.75) is 64.7 Å². The number of carbonyl (C=O) groups is 2. The van der Waals surface area contributed by atoms with Crippen molar-refractivity contribution in [1.29, 1.82) is 0 Å². The van der Waals surface area contributed by atoms with E-state index in [-0.39, 0.29) is 16.7 Å². The summed E-state index contributed by atoms with van der Waals surface area (Å²) >= 11 is 1.25. The summed E-state index contributed by atoms with van der Waals surface area (Å²) in [6, 6.07) is 4.30. The Labute approximate surface area is 245 Å². The van der Waals surface area contributed by atoms with Crippen molar-refractivity contribution >= 4 is 34.2 Å². The number of aryl methyl sites for hydroxylation is 1. The number of alkyl halides is 3. The second-order valence-corrected chi connectivity index (χ2v) is 11.9. The molecule has 13 heteroatoms. The number of carboxylic acids is 1. The van der Waals surface area contributed by atoms with Crippen LogP contribution in [0.1, 0.15) is 65.5 Å². The molecule has 0 radical (unpaired) electrons. The highest BCUT2D eigenvalue weighted by molar-refractivity contribution is 7.16. The molecular formula is C29H33F3N6O3S. The molecule has 42 heavy (non-hydrogen) atoms. The minimum Gasteiger partial charge on any atom is -0.481 e. The normalized spacial score (nSPS) is 18.4. The molecule has 5 rings (SSSR count). The van der Waals surface area contributed by atoms with Gasteiger partial charge in [0.15, 0.2) is 5.13 Å². The van der Waals surface area contributed by atoms with Crippen LogP contribution in [-0.4, -0.2) is 62.5 Å². The van der Waals surface area contributed by atoms with Gasteiger partial charge < -0.3 is 10.0 Å². The fourth-order valence-electron chi connectivity index (χ4n) is 5.69. The van der Waals surface area contributed by atoms with Gasteiger partial charge in [-0.25, -0.2) is 15.0 Å². The summed E-state index contributed by atoms with van der Waals surface area (Å²) in [7, 11) is 0. The van der Waals surface area contributed by atoms with Gasteiger partial charge in [0.2, 0.25) is 0 Å².